The average Bonchev–Trinajstić information content (AvgIpc) is 3.11. The highest BCUT2D eigenvalue weighted by Gasteiger charge is 2.49. The fourth-order valence-electron chi connectivity index (χ4n) is 1.85. The van der Waals surface area contributed by atoms with Crippen molar-refractivity contribution in [2.24, 2.45) is 5.41 Å². The molecular weight excluding hydrogens is 218 g/mol. The Morgan fingerprint density at radius 2 is 2.29 bits per heavy atom. The molecular formula is C13H17NO3. The van der Waals surface area contributed by atoms with Crippen LogP contribution < -0.4 is 10.1 Å². The summed E-state index contributed by atoms with van der Waals surface area (Å²) in [6, 6.07) is 7.77. The van der Waals surface area contributed by atoms with E-state index >= 15 is 0 Å². The maximum atomic E-state index is 11.0. The molecule has 0 unspecified atom stereocenters. The van der Waals surface area contributed by atoms with Crippen LogP contribution in [0, 0.1) is 5.41 Å². The number of methoxy groups -OCH3 is 1. The zero-order chi connectivity index (χ0) is 12.3. The molecule has 0 radical (unpaired) electrons. The van der Waals surface area contributed by atoms with Gasteiger partial charge in [-0.15, -0.1) is 0 Å². The highest BCUT2D eigenvalue weighted by molar-refractivity contribution is 5.78. The summed E-state index contributed by atoms with van der Waals surface area (Å²) >= 11 is 0. The summed E-state index contributed by atoms with van der Waals surface area (Å²) in [6.07, 6.45) is 1.57. The van der Waals surface area contributed by atoms with Gasteiger partial charge in [-0.1, -0.05) is 12.1 Å². The number of ether oxygens (including phenoxy) is 1. The van der Waals surface area contributed by atoms with Gasteiger partial charge >= 0.3 is 5.97 Å². The first-order chi connectivity index (χ1) is 8.16. The minimum atomic E-state index is -0.685. The third-order valence-electron chi connectivity index (χ3n) is 3.23. The molecule has 17 heavy (non-hydrogen) atoms. The van der Waals surface area contributed by atoms with Crippen LogP contribution in [0.4, 0.5) is 0 Å². The van der Waals surface area contributed by atoms with Gasteiger partial charge in [0.25, 0.3) is 0 Å². The van der Waals surface area contributed by atoms with Crippen molar-refractivity contribution in [1.29, 1.82) is 0 Å². The van der Waals surface area contributed by atoms with Gasteiger partial charge in [0, 0.05) is 13.1 Å². The average molecular weight is 235 g/mol. The van der Waals surface area contributed by atoms with E-state index in [2.05, 4.69) is 5.32 Å². The molecule has 2 rings (SSSR count). The van der Waals surface area contributed by atoms with Crippen LogP contribution in [0.3, 0.4) is 0 Å². The van der Waals surface area contributed by atoms with Crippen molar-refractivity contribution in [3.8, 4) is 5.75 Å². The minimum absolute atomic E-state index is 0.501. The molecule has 1 aliphatic rings. The fourth-order valence-corrected chi connectivity index (χ4v) is 1.85. The van der Waals surface area contributed by atoms with Crippen LogP contribution in [-0.2, 0) is 11.3 Å². The number of carbonyl (C=O) groups is 1. The second-order valence-corrected chi connectivity index (χ2v) is 4.54. The standard InChI is InChI=1S/C13H17NO3/c1-17-11-4-2-3-10(7-11)8-14-9-13(5-6-13)12(15)16/h2-4,7,14H,5-6,8-9H2,1H3,(H,15,16). The Hall–Kier alpha value is -1.55. The summed E-state index contributed by atoms with van der Waals surface area (Å²) in [7, 11) is 1.64. The number of hydrogen-bond acceptors (Lipinski definition) is 3. The van der Waals surface area contributed by atoms with Crippen molar-refractivity contribution in [2.75, 3.05) is 13.7 Å². The van der Waals surface area contributed by atoms with Crippen molar-refractivity contribution < 1.29 is 14.6 Å². The maximum absolute atomic E-state index is 11.0. The molecule has 92 valence electrons. The second-order valence-electron chi connectivity index (χ2n) is 4.54. The number of nitrogens with one attached hydrogen (secondary N) is 1. The molecule has 0 aromatic heterocycles. The molecule has 1 aromatic carbocycles. The Morgan fingerprint density at radius 1 is 1.53 bits per heavy atom. The molecule has 4 nitrogen and oxygen atoms in total. The molecule has 1 aliphatic carbocycles. The number of benzene rings is 1. The van der Waals surface area contributed by atoms with E-state index in [1.807, 2.05) is 24.3 Å². The number of carboxylic acid groups (broad SMARTS) is 1. The summed E-state index contributed by atoms with van der Waals surface area (Å²) in [5.74, 6) is 0.138. The van der Waals surface area contributed by atoms with E-state index in [-0.39, 0.29) is 0 Å². The third kappa shape index (κ3) is 2.77. The zero-order valence-corrected chi connectivity index (χ0v) is 9.90. The van der Waals surface area contributed by atoms with Gasteiger partial charge in [-0.25, -0.2) is 0 Å². The molecule has 1 aromatic rings. The second kappa shape index (κ2) is 4.75. The molecule has 2 N–H and O–H groups in total. The van der Waals surface area contributed by atoms with Gasteiger partial charge in [-0.05, 0) is 30.5 Å². The summed E-state index contributed by atoms with van der Waals surface area (Å²) in [5, 5.41) is 12.2. The van der Waals surface area contributed by atoms with Crippen molar-refractivity contribution in [2.45, 2.75) is 19.4 Å². The monoisotopic (exact) mass is 235 g/mol. The van der Waals surface area contributed by atoms with Crippen molar-refractivity contribution in [1.82, 2.24) is 5.32 Å². The van der Waals surface area contributed by atoms with E-state index in [1.165, 1.54) is 0 Å². The van der Waals surface area contributed by atoms with Crippen LogP contribution in [0.2, 0.25) is 0 Å². The lowest BCUT2D eigenvalue weighted by atomic mass is 10.1. The molecule has 4 heteroatoms. The van der Waals surface area contributed by atoms with E-state index in [1.54, 1.807) is 7.11 Å². The van der Waals surface area contributed by atoms with Gasteiger partial charge in [-0.2, -0.15) is 0 Å². The van der Waals surface area contributed by atoms with Gasteiger partial charge in [0.2, 0.25) is 0 Å². The Labute approximate surface area is 101 Å². The molecule has 0 aliphatic heterocycles. The normalized spacial score (nSPS) is 16.5. The highest BCUT2D eigenvalue weighted by atomic mass is 16.5. The van der Waals surface area contributed by atoms with Crippen molar-refractivity contribution >= 4 is 5.97 Å². The molecule has 0 bridgehead atoms. The molecule has 0 atom stereocenters. The smallest absolute Gasteiger partial charge is 0.310 e. The van der Waals surface area contributed by atoms with Crippen LogP contribution in [0.5, 0.6) is 5.75 Å². The lowest BCUT2D eigenvalue weighted by Gasteiger charge is -2.11. The molecule has 0 amide bonds. The molecule has 1 fully saturated rings. The van der Waals surface area contributed by atoms with E-state index in [9.17, 15) is 4.79 Å². The summed E-state index contributed by atoms with van der Waals surface area (Å²) in [5.41, 5.74) is 0.601. The molecule has 0 saturated heterocycles. The number of aliphatic carboxylic acids is 1. The quantitative estimate of drug-likeness (QED) is 0.787. The largest absolute Gasteiger partial charge is 0.497 e. The predicted molar refractivity (Wildman–Crippen MR) is 64.0 cm³/mol. The van der Waals surface area contributed by atoms with E-state index in [0.29, 0.717) is 13.1 Å². The highest BCUT2D eigenvalue weighted by Crippen LogP contribution is 2.45. The van der Waals surface area contributed by atoms with Crippen LogP contribution >= 0.6 is 0 Å². The lowest BCUT2D eigenvalue weighted by molar-refractivity contribution is -0.143. The summed E-state index contributed by atoms with van der Waals surface area (Å²) in [4.78, 5) is 11.0. The van der Waals surface area contributed by atoms with Gasteiger partial charge < -0.3 is 15.2 Å². The van der Waals surface area contributed by atoms with Crippen LogP contribution in [0.15, 0.2) is 24.3 Å². The Morgan fingerprint density at radius 3 is 2.88 bits per heavy atom. The topological polar surface area (TPSA) is 58.6 Å². The zero-order valence-electron chi connectivity index (χ0n) is 9.90. The SMILES string of the molecule is COc1cccc(CNCC2(C(=O)O)CC2)c1. The van der Waals surface area contributed by atoms with E-state index < -0.39 is 11.4 Å². The van der Waals surface area contributed by atoms with E-state index in [4.69, 9.17) is 9.84 Å². The van der Waals surface area contributed by atoms with Crippen LogP contribution in [0.1, 0.15) is 18.4 Å². The summed E-state index contributed by atoms with van der Waals surface area (Å²) in [6.45, 7) is 1.21. The Balaban J connectivity index is 1.84. The Kier molecular flexibility index (Phi) is 3.33. The first kappa shape index (κ1) is 11.9. The number of rotatable bonds is 6. The van der Waals surface area contributed by atoms with Crippen LogP contribution in [0.25, 0.3) is 0 Å². The van der Waals surface area contributed by atoms with Crippen molar-refractivity contribution in [3.05, 3.63) is 29.8 Å². The Bertz CT molecular complexity index is 413. The molecule has 0 heterocycles. The van der Waals surface area contributed by atoms with E-state index in [0.717, 1.165) is 24.2 Å². The first-order valence-electron chi connectivity index (χ1n) is 5.73. The maximum Gasteiger partial charge on any atom is 0.310 e. The van der Waals surface area contributed by atoms with Gasteiger partial charge in [0.1, 0.15) is 5.75 Å². The van der Waals surface area contributed by atoms with Gasteiger partial charge in [0.15, 0.2) is 0 Å². The molecule has 0 spiro atoms. The minimum Gasteiger partial charge on any atom is -0.497 e. The number of hydrogen-bond donors (Lipinski definition) is 2. The molecule has 1 saturated carbocycles. The van der Waals surface area contributed by atoms with Gasteiger partial charge in [0.05, 0.1) is 12.5 Å². The lowest BCUT2D eigenvalue weighted by Crippen LogP contribution is -2.29. The van der Waals surface area contributed by atoms with Crippen molar-refractivity contribution in [3.63, 3.8) is 0 Å². The predicted octanol–water partition coefficient (Wildman–Crippen LogP) is 1.65. The summed E-state index contributed by atoms with van der Waals surface area (Å²) < 4.78 is 5.13. The fraction of sp³-hybridized carbons (Fsp3) is 0.462. The number of carboxylic acids is 1. The van der Waals surface area contributed by atoms with Gasteiger partial charge in [-0.3, -0.25) is 4.79 Å². The first-order valence-corrected chi connectivity index (χ1v) is 5.73. The third-order valence-corrected chi connectivity index (χ3v) is 3.23. The van der Waals surface area contributed by atoms with Crippen LogP contribution in [-0.4, -0.2) is 24.7 Å².